The predicted molar refractivity (Wildman–Crippen MR) is 74.6 cm³/mol. The van der Waals surface area contributed by atoms with Crippen LogP contribution in [0.2, 0.25) is 5.02 Å². The lowest BCUT2D eigenvalue weighted by atomic mass is 10.1. The molecule has 1 aromatic carbocycles. The van der Waals surface area contributed by atoms with E-state index in [9.17, 15) is 0 Å². The summed E-state index contributed by atoms with van der Waals surface area (Å²) in [6.07, 6.45) is 1.21. The van der Waals surface area contributed by atoms with E-state index in [1.807, 2.05) is 4.68 Å². The minimum atomic E-state index is 0.392. The van der Waals surface area contributed by atoms with E-state index >= 15 is 0 Å². The molecule has 1 atom stereocenters. The molecule has 1 fully saturated rings. The summed E-state index contributed by atoms with van der Waals surface area (Å²) in [7, 11) is 0. The fourth-order valence-corrected chi connectivity index (χ4v) is 2.51. The maximum absolute atomic E-state index is 6.02. The molecule has 0 amide bonds. The number of hydrogen-bond acceptors (Lipinski definition) is 4. The summed E-state index contributed by atoms with van der Waals surface area (Å²) in [6.45, 7) is 5.34. The van der Waals surface area contributed by atoms with Crippen molar-refractivity contribution in [3.8, 4) is 11.4 Å². The highest BCUT2D eigenvalue weighted by atomic mass is 35.5. The van der Waals surface area contributed by atoms with E-state index in [0.717, 1.165) is 12.1 Å². The number of rotatable bonds is 3. The second-order valence-electron chi connectivity index (χ2n) is 5.81. The summed E-state index contributed by atoms with van der Waals surface area (Å²) in [4.78, 5) is 0. The largest absolute Gasteiger partial charge is 0.398 e. The van der Waals surface area contributed by atoms with Crippen molar-refractivity contribution in [1.29, 1.82) is 0 Å². The van der Waals surface area contributed by atoms with Crippen LogP contribution in [0.5, 0.6) is 0 Å². The molecule has 3 rings (SSSR count). The standard InChI is InChI=1S/C13H16ClN5/c1-13(2)6-8(13)7-19-12(16-17-18-19)10-5-9(14)3-4-11(10)15/h3-5,8H,6-7,15H2,1-2H3. The van der Waals surface area contributed by atoms with Crippen molar-refractivity contribution in [2.24, 2.45) is 11.3 Å². The van der Waals surface area contributed by atoms with Gasteiger partial charge in [-0.15, -0.1) is 5.10 Å². The van der Waals surface area contributed by atoms with Gasteiger partial charge in [0, 0.05) is 22.8 Å². The van der Waals surface area contributed by atoms with Crippen LogP contribution in [0.15, 0.2) is 18.2 Å². The number of nitrogens with zero attached hydrogens (tertiary/aromatic N) is 4. The molecule has 1 aromatic heterocycles. The first-order chi connectivity index (χ1) is 8.97. The van der Waals surface area contributed by atoms with Crippen molar-refractivity contribution in [2.75, 3.05) is 5.73 Å². The third-order valence-electron chi connectivity index (χ3n) is 3.90. The van der Waals surface area contributed by atoms with Crippen molar-refractivity contribution in [3.05, 3.63) is 23.2 Å². The summed E-state index contributed by atoms with van der Waals surface area (Å²) in [6, 6.07) is 5.34. The average molecular weight is 278 g/mol. The van der Waals surface area contributed by atoms with E-state index in [-0.39, 0.29) is 0 Å². The molecular weight excluding hydrogens is 262 g/mol. The molecule has 100 valence electrons. The van der Waals surface area contributed by atoms with Gasteiger partial charge >= 0.3 is 0 Å². The minimum Gasteiger partial charge on any atom is -0.398 e. The second kappa shape index (κ2) is 4.20. The Morgan fingerprint density at radius 1 is 1.47 bits per heavy atom. The van der Waals surface area contributed by atoms with Gasteiger partial charge in [0.25, 0.3) is 0 Å². The molecule has 1 aliphatic rings. The first kappa shape index (κ1) is 12.4. The van der Waals surface area contributed by atoms with Crippen molar-refractivity contribution in [2.45, 2.75) is 26.8 Å². The molecular formula is C13H16ClN5. The first-order valence-electron chi connectivity index (χ1n) is 6.29. The summed E-state index contributed by atoms with van der Waals surface area (Å²) in [5, 5.41) is 12.5. The lowest BCUT2D eigenvalue weighted by Gasteiger charge is -2.08. The van der Waals surface area contributed by atoms with Crippen LogP contribution in [-0.2, 0) is 6.54 Å². The molecule has 0 aliphatic heterocycles. The Morgan fingerprint density at radius 3 is 2.89 bits per heavy atom. The Bertz CT molecular complexity index is 619. The molecule has 1 aliphatic carbocycles. The zero-order chi connectivity index (χ0) is 13.6. The van der Waals surface area contributed by atoms with Crippen molar-refractivity contribution in [3.63, 3.8) is 0 Å². The molecule has 0 bridgehead atoms. The van der Waals surface area contributed by atoms with Crippen molar-refractivity contribution >= 4 is 17.3 Å². The normalized spacial score (nSPS) is 20.5. The number of anilines is 1. The molecule has 1 unspecified atom stereocenters. The SMILES string of the molecule is CC1(C)CC1Cn1nnnc1-c1cc(Cl)ccc1N. The Morgan fingerprint density at radius 2 is 2.21 bits per heavy atom. The summed E-state index contributed by atoms with van der Waals surface area (Å²) in [5.41, 5.74) is 7.80. The van der Waals surface area contributed by atoms with Crippen LogP contribution >= 0.6 is 11.6 Å². The van der Waals surface area contributed by atoms with Gasteiger partial charge < -0.3 is 5.73 Å². The third-order valence-corrected chi connectivity index (χ3v) is 4.13. The molecule has 2 N–H and O–H groups in total. The van der Waals surface area contributed by atoms with Gasteiger partial charge in [0.15, 0.2) is 5.82 Å². The van der Waals surface area contributed by atoms with Crippen LogP contribution in [0, 0.1) is 11.3 Å². The van der Waals surface area contributed by atoms with Crippen molar-refractivity contribution in [1.82, 2.24) is 20.2 Å². The average Bonchev–Trinajstić information content (AvgIpc) is 2.75. The van der Waals surface area contributed by atoms with Crippen LogP contribution in [-0.4, -0.2) is 20.2 Å². The van der Waals surface area contributed by atoms with E-state index in [1.54, 1.807) is 18.2 Å². The summed E-state index contributed by atoms with van der Waals surface area (Å²) >= 11 is 6.02. The molecule has 1 heterocycles. The maximum atomic E-state index is 6.02. The zero-order valence-electron chi connectivity index (χ0n) is 11.0. The predicted octanol–water partition coefficient (Wildman–Crippen LogP) is 2.62. The van der Waals surface area contributed by atoms with Gasteiger partial charge in [0.2, 0.25) is 0 Å². The van der Waals surface area contributed by atoms with Crippen LogP contribution < -0.4 is 5.73 Å². The molecule has 19 heavy (non-hydrogen) atoms. The van der Waals surface area contributed by atoms with E-state index < -0.39 is 0 Å². The van der Waals surface area contributed by atoms with E-state index in [1.165, 1.54) is 6.42 Å². The Hall–Kier alpha value is -1.62. The van der Waals surface area contributed by atoms with Crippen LogP contribution in [0.1, 0.15) is 20.3 Å². The van der Waals surface area contributed by atoms with Gasteiger partial charge in [0.05, 0.1) is 0 Å². The fourth-order valence-electron chi connectivity index (χ4n) is 2.34. The highest BCUT2D eigenvalue weighted by molar-refractivity contribution is 6.31. The van der Waals surface area contributed by atoms with Gasteiger partial charge in [-0.25, -0.2) is 4.68 Å². The first-order valence-corrected chi connectivity index (χ1v) is 6.67. The van der Waals surface area contributed by atoms with Crippen LogP contribution in [0.4, 0.5) is 5.69 Å². The van der Waals surface area contributed by atoms with Gasteiger partial charge in [-0.05, 0) is 46.4 Å². The molecule has 6 heteroatoms. The van der Waals surface area contributed by atoms with E-state index in [4.69, 9.17) is 17.3 Å². The Balaban J connectivity index is 1.93. The topological polar surface area (TPSA) is 69.6 Å². The quantitative estimate of drug-likeness (QED) is 0.876. The monoisotopic (exact) mass is 277 g/mol. The van der Waals surface area contributed by atoms with Crippen molar-refractivity contribution < 1.29 is 0 Å². The molecule has 1 saturated carbocycles. The van der Waals surface area contributed by atoms with E-state index in [2.05, 4.69) is 29.4 Å². The highest BCUT2D eigenvalue weighted by Crippen LogP contribution is 2.52. The lowest BCUT2D eigenvalue weighted by Crippen LogP contribution is -2.08. The number of hydrogen-bond donors (Lipinski definition) is 1. The van der Waals surface area contributed by atoms with Crippen LogP contribution in [0.25, 0.3) is 11.4 Å². The molecule has 0 saturated heterocycles. The number of benzene rings is 1. The van der Waals surface area contributed by atoms with E-state index in [0.29, 0.717) is 27.9 Å². The molecule has 2 aromatic rings. The number of nitrogen functional groups attached to an aromatic ring is 1. The number of aromatic nitrogens is 4. The number of halogens is 1. The van der Waals surface area contributed by atoms with Gasteiger partial charge in [-0.2, -0.15) is 0 Å². The molecule has 0 spiro atoms. The summed E-state index contributed by atoms with van der Waals surface area (Å²) in [5.74, 6) is 1.30. The van der Waals surface area contributed by atoms with Gasteiger partial charge in [0.1, 0.15) is 0 Å². The highest BCUT2D eigenvalue weighted by Gasteiger charge is 2.46. The van der Waals surface area contributed by atoms with Gasteiger partial charge in [-0.1, -0.05) is 25.4 Å². The number of nitrogens with two attached hydrogens (primary N) is 1. The second-order valence-corrected chi connectivity index (χ2v) is 6.24. The Labute approximate surface area is 116 Å². The van der Waals surface area contributed by atoms with Gasteiger partial charge in [-0.3, -0.25) is 0 Å². The maximum Gasteiger partial charge on any atom is 0.184 e. The molecule has 5 nitrogen and oxygen atoms in total. The molecule has 0 radical (unpaired) electrons. The minimum absolute atomic E-state index is 0.392. The Kier molecular flexibility index (Phi) is 2.74. The fraction of sp³-hybridized carbons (Fsp3) is 0.462. The summed E-state index contributed by atoms with van der Waals surface area (Å²) < 4.78 is 1.82. The van der Waals surface area contributed by atoms with Crippen LogP contribution in [0.3, 0.4) is 0 Å². The number of tetrazole rings is 1. The smallest absolute Gasteiger partial charge is 0.184 e. The lowest BCUT2D eigenvalue weighted by molar-refractivity contribution is 0.467. The zero-order valence-corrected chi connectivity index (χ0v) is 11.7. The third kappa shape index (κ3) is 2.30.